The van der Waals surface area contributed by atoms with Gasteiger partial charge in [-0.1, -0.05) is 17.8 Å². The molecule has 3 aliphatic rings. The summed E-state index contributed by atoms with van der Waals surface area (Å²) in [5.74, 6) is 3.28. The number of anilines is 1. The van der Waals surface area contributed by atoms with Gasteiger partial charge < -0.3 is 14.4 Å². The first-order chi connectivity index (χ1) is 12.8. The average molecular weight is 374 g/mol. The summed E-state index contributed by atoms with van der Waals surface area (Å²) < 4.78 is 12.1. The topological polar surface area (TPSA) is 47.0 Å². The van der Waals surface area contributed by atoms with E-state index in [1.165, 1.54) is 12.8 Å². The minimum Gasteiger partial charge on any atom is -0.486 e. The van der Waals surface area contributed by atoms with E-state index >= 15 is 0 Å². The summed E-state index contributed by atoms with van der Waals surface area (Å²) in [5, 5.41) is 0.972. The van der Waals surface area contributed by atoms with E-state index in [1.54, 1.807) is 11.8 Å². The average Bonchev–Trinajstić information content (AvgIpc) is 3.38. The van der Waals surface area contributed by atoms with E-state index in [-0.39, 0.29) is 0 Å². The number of allylic oxidation sites excluding steroid dienone is 1. The van der Waals surface area contributed by atoms with E-state index < -0.39 is 0 Å². The second kappa shape index (κ2) is 8.01. The van der Waals surface area contributed by atoms with Crippen molar-refractivity contribution in [2.24, 2.45) is 16.8 Å². The van der Waals surface area contributed by atoms with E-state index in [0.29, 0.717) is 12.0 Å². The Morgan fingerprint density at radius 2 is 2.23 bits per heavy atom. The van der Waals surface area contributed by atoms with Gasteiger partial charge in [-0.15, -0.1) is 0 Å². The number of aromatic nitrogens is 1. The van der Waals surface area contributed by atoms with Gasteiger partial charge in [0.15, 0.2) is 11.6 Å². The molecule has 6 heteroatoms. The third-order valence-electron chi connectivity index (χ3n) is 5.16. The number of hydrogen-bond acceptors (Lipinski definition) is 6. The van der Waals surface area contributed by atoms with Crippen LogP contribution in [-0.2, 0) is 4.74 Å². The highest BCUT2D eigenvalue weighted by Gasteiger charge is 2.39. The van der Waals surface area contributed by atoms with Crippen molar-refractivity contribution in [1.29, 1.82) is 0 Å². The van der Waals surface area contributed by atoms with Gasteiger partial charge in [0, 0.05) is 31.5 Å². The molecule has 1 aromatic rings. The Balaban J connectivity index is 1.46. The molecule has 3 heterocycles. The fraction of sp³-hybridized carbons (Fsp3) is 0.600. The van der Waals surface area contributed by atoms with E-state index in [4.69, 9.17) is 9.47 Å². The van der Waals surface area contributed by atoms with Crippen molar-refractivity contribution in [3.63, 3.8) is 0 Å². The molecule has 1 aliphatic carbocycles. The van der Waals surface area contributed by atoms with Gasteiger partial charge >= 0.3 is 0 Å². The summed E-state index contributed by atoms with van der Waals surface area (Å²) in [6.07, 6.45) is 9.55. The molecule has 1 saturated heterocycles. The van der Waals surface area contributed by atoms with Crippen molar-refractivity contribution in [3.05, 3.63) is 23.4 Å². The molecular formula is C20H27N3O2S. The Labute approximate surface area is 159 Å². The molecule has 0 aromatic carbocycles. The van der Waals surface area contributed by atoms with E-state index in [9.17, 15) is 0 Å². The zero-order valence-corrected chi connectivity index (χ0v) is 16.4. The third-order valence-corrected chi connectivity index (χ3v) is 6.26. The monoisotopic (exact) mass is 373 g/mol. The molecule has 2 unspecified atom stereocenters. The zero-order valence-electron chi connectivity index (χ0n) is 15.6. The molecule has 4 rings (SSSR count). The quantitative estimate of drug-likeness (QED) is 0.531. The third kappa shape index (κ3) is 3.91. The second-order valence-corrected chi connectivity index (χ2v) is 8.34. The van der Waals surface area contributed by atoms with Crippen LogP contribution in [0.15, 0.2) is 33.3 Å². The summed E-state index contributed by atoms with van der Waals surface area (Å²) in [6, 6.07) is 2.43. The van der Waals surface area contributed by atoms with Crippen LogP contribution in [-0.4, -0.2) is 43.6 Å². The normalized spacial score (nSPS) is 25.3. The van der Waals surface area contributed by atoms with E-state index in [0.717, 1.165) is 60.2 Å². The molecule has 1 saturated carbocycles. The lowest BCUT2D eigenvalue weighted by Gasteiger charge is -2.33. The van der Waals surface area contributed by atoms with Crippen LogP contribution in [0.25, 0.3) is 0 Å². The van der Waals surface area contributed by atoms with E-state index in [2.05, 4.69) is 14.9 Å². The van der Waals surface area contributed by atoms with Crippen LogP contribution >= 0.6 is 11.8 Å². The largest absolute Gasteiger partial charge is 0.486 e. The molecule has 0 N–H and O–H groups in total. The Kier molecular flexibility index (Phi) is 5.50. The molecule has 0 bridgehead atoms. The SMILES string of the molecule is C/C=N\C(=C/C)Sc1ccnc2c1OCC1CC(COCC3CC3)CN21. The van der Waals surface area contributed by atoms with Gasteiger partial charge in [-0.05, 0) is 45.1 Å². The summed E-state index contributed by atoms with van der Waals surface area (Å²) in [6.45, 7) is 7.48. The molecule has 0 amide bonds. The van der Waals surface area contributed by atoms with Crippen LogP contribution in [0.5, 0.6) is 5.75 Å². The predicted molar refractivity (Wildman–Crippen MR) is 106 cm³/mol. The molecule has 26 heavy (non-hydrogen) atoms. The van der Waals surface area contributed by atoms with Crippen molar-refractivity contribution >= 4 is 23.8 Å². The molecular weight excluding hydrogens is 346 g/mol. The zero-order chi connectivity index (χ0) is 17.9. The Morgan fingerprint density at radius 1 is 1.38 bits per heavy atom. The summed E-state index contributed by atoms with van der Waals surface area (Å²) in [4.78, 5) is 12.6. The van der Waals surface area contributed by atoms with Gasteiger partial charge in [-0.25, -0.2) is 4.98 Å². The van der Waals surface area contributed by atoms with Gasteiger partial charge in [0.1, 0.15) is 6.61 Å². The summed E-state index contributed by atoms with van der Waals surface area (Å²) >= 11 is 1.63. The van der Waals surface area contributed by atoms with Crippen LogP contribution in [0, 0.1) is 11.8 Å². The van der Waals surface area contributed by atoms with Gasteiger partial charge in [-0.3, -0.25) is 4.99 Å². The number of fused-ring (bicyclic) bond motifs is 3. The van der Waals surface area contributed by atoms with Crippen molar-refractivity contribution in [2.45, 2.75) is 44.0 Å². The number of thioether (sulfide) groups is 1. The fourth-order valence-corrected chi connectivity index (χ4v) is 4.53. The number of rotatable bonds is 7. The summed E-state index contributed by atoms with van der Waals surface area (Å²) in [7, 11) is 0. The Morgan fingerprint density at radius 3 is 3.00 bits per heavy atom. The lowest BCUT2D eigenvalue weighted by molar-refractivity contribution is 0.0956. The van der Waals surface area contributed by atoms with Gasteiger partial charge in [0.05, 0.1) is 22.6 Å². The first-order valence-corrected chi connectivity index (χ1v) is 10.4. The first kappa shape index (κ1) is 17.9. The number of aliphatic imine (C=N–C) groups is 1. The molecule has 0 radical (unpaired) electrons. The standard InChI is InChI=1S/C20H27N3O2S/c1-3-18(21-4-2)26-17-7-8-22-20-19(17)25-13-16-9-15(10-23(16)20)12-24-11-14-5-6-14/h3-4,7-8,14-16H,5-6,9-13H2,1-2H3/b18-3+,21-4-. The van der Waals surface area contributed by atoms with Gasteiger partial charge in [0.25, 0.3) is 0 Å². The van der Waals surface area contributed by atoms with Crippen molar-refractivity contribution < 1.29 is 9.47 Å². The maximum Gasteiger partial charge on any atom is 0.175 e. The van der Waals surface area contributed by atoms with E-state index in [1.807, 2.05) is 38.4 Å². The molecule has 140 valence electrons. The van der Waals surface area contributed by atoms with Gasteiger partial charge in [0.2, 0.25) is 0 Å². The first-order valence-electron chi connectivity index (χ1n) is 9.57. The molecule has 2 aliphatic heterocycles. The van der Waals surface area contributed by atoms with Crippen LogP contribution in [0.1, 0.15) is 33.1 Å². The van der Waals surface area contributed by atoms with Gasteiger partial charge in [-0.2, -0.15) is 0 Å². The lowest BCUT2D eigenvalue weighted by Crippen LogP contribution is -2.39. The van der Waals surface area contributed by atoms with Crippen molar-refractivity contribution in [2.75, 3.05) is 31.3 Å². The molecule has 2 atom stereocenters. The van der Waals surface area contributed by atoms with Crippen LogP contribution in [0.2, 0.25) is 0 Å². The predicted octanol–water partition coefficient (Wildman–Crippen LogP) is 4.14. The maximum absolute atomic E-state index is 6.15. The highest BCUT2D eigenvalue weighted by Crippen LogP contribution is 2.45. The van der Waals surface area contributed by atoms with Crippen LogP contribution in [0.4, 0.5) is 5.82 Å². The summed E-state index contributed by atoms with van der Waals surface area (Å²) in [5.41, 5.74) is 0. The van der Waals surface area contributed by atoms with Crippen LogP contribution < -0.4 is 9.64 Å². The lowest BCUT2D eigenvalue weighted by atomic mass is 10.1. The number of pyridine rings is 1. The molecule has 5 nitrogen and oxygen atoms in total. The minimum atomic E-state index is 0.416. The molecule has 1 aromatic heterocycles. The molecule has 2 fully saturated rings. The van der Waals surface area contributed by atoms with Crippen LogP contribution in [0.3, 0.4) is 0 Å². The highest BCUT2D eigenvalue weighted by molar-refractivity contribution is 8.03. The molecule has 0 spiro atoms. The van der Waals surface area contributed by atoms with Crippen molar-refractivity contribution in [3.8, 4) is 5.75 Å². The minimum absolute atomic E-state index is 0.416. The highest BCUT2D eigenvalue weighted by atomic mass is 32.2. The fourth-order valence-electron chi connectivity index (χ4n) is 3.66. The number of hydrogen-bond donors (Lipinski definition) is 0. The number of ether oxygens (including phenoxy) is 2. The maximum atomic E-state index is 6.15. The second-order valence-electron chi connectivity index (χ2n) is 7.28. The van der Waals surface area contributed by atoms with Crippen molar-refractivity contribution in [1.82, 2.24) is 4.98 Å². The Hall–Kier alpha value is -1.53. The smallest absolute Gasteiger partial charge is 0.175 e. The number of nitrogens with zero attached hydrogens (tertiary/aromatic N) is 3. The Bertz CT molecular complexity index is 702.